The van der Waals surface area contributed by atoms with Crippen LogP contribution in [0.4, 0.5) is 5.69 Å². The summed E-state index contributed by atoms with van der Waals surface area (Å²) < 4.78 is 5.33. The fraction of sp³-hybridized carbons (Fsp3) is 0.0593. The fourth-order valence-electron chi connectivity index (χ4n) is 20.2. The zero-order valence-electron chi connectivity index (χ0n) is 72.1. The zero-order valence-corrected chi connectivity index (χ0v) is 72.1. The van der Waals surface area contributed by atoms with Gasteiger partial charge in [-0.2, -0.15) is 10.5 Å². The standard InChI is InChI=1S/C42H31N3O.2C38H23N3O/c1-23-13-15-28(16-14-23)30-17-18-31-38-32(19-20-34(43-6)39(30)38)42(46)45-40-33(37-26(4)11-8-12-27(37)5)21-29(22-35(40)44-41(31)45)36-24(2)9-7-10-25(36)3;1-23-10-8-9-15-28(23)29-18-19-31-35-30(17-16-26(22-39)34(29)35)37-40-36-32(25-13-6-3-7-14-25)20-27(24-11-4-2-5-12-24)21-33(36)41(37)38(31)42;1-23-10-8-9-15-28(23)29-18-19-31-35-30(17-16-26(22-39)34(29)35)37-40-33-21-27(24-11-4-2-5-12-24)20-32(25-13-6-3-7-14-25)36(33)41(37)38(31)42/h7-22H,1-5H3;2*2-21H,1H3. The third-order valence-corrected chi connectivity index (χ3v) is 26.2. The van der Waals surface area contributed by atoms with Crippen LogP contribution in [-0.2, 0) is 0 Å². The first-order valence-electron chi connectivity index (χ1n) is 43.4. The Hall–Kier alpha value is -17.4. The SMILES string of the molecule is Cc1ccccc1-c1ccc2c(=O)n3c(nc4cc(-c5ccccc5)cc(-c5ccccc5)c43)c3ccc(C#N)c1c23.Cc1ccccc1-c1ccc2c(=O)n3c4cc(-c5ccccc5)cc(-c5ccccc5)c4nc3c3ccc(C#N)c1c23.[C-]#[N+]c1ccc2c(=O)n3c(nc4cc(-c5c(C)cccc5C)cc(-c5c(C)cccc5C)c43)c3ccc(-c4ccc(C)cc4)c1c23. The van der Waals surface area contributed by atoms with E-state index in [0.717, 1.165) is 198 Å². The zero-order chi connectivity index (χ0) is 88.6. The minimum absolute atomic E-state index is 0.125. The van der Waals surface area contributed by atoms with E-state index in [4.69, 9.17) is 21.5 Å². The van der Waals surface area contributed by atoms with Crippen molar-refractivity contribution in [3.8, 4) is 112 Å². The Morgan fingerprint density at radius 1 is 0.277 bits per heavy atom. The number of imidazole rings is 3. The van der Waals surface area contributed by atoms with Crippen molar-refractivity contribution in [1.82, 2.24) is 28.2 Å². The molecule has 0 bridgehead atoms. The fourth-order valence-corrected chi connectivity index (χ4v) is 20.2. The van der Waals surface area contributed by atoms with Gasteiger partial charge in [-0.15, -0.1) is 0 Å². The molecule has 0 N–H and O–H groups in total. The summed E-state index contributed by atoms with van der Waals surface area (Å²) in [6.45, 7) is 22.8. The molecule has 0 radical (unpaired) electrons. The smallest absolute Gasteiger partial charge is 0.264 e. The van der Waals surface area contributed by atoms with Gasteiger partial charge in [0, 0.05) is 70.6 Å². The molecular weight excluding hydrogens is 1590 g/mol. The molecule has 24 rings (SSSR count). The topological polar surface area (TPSA) is 155 Å². The molecule has 0 amide bonds. The van der Waals surface area contributed by atoms with E-state index in [2.05, 4.69) is 247 Å². The maximum Gasteiger partial charge on any atom is 0.264 e. The highest BCUT2D eigenvalue weighted by atomic mass is 16.1. The van der Waals surface area contributed by atoms with Crippen molar-refractivity contribution < 1.29 is 0 Å². The summed E-state index contributed by atoms with van der Waals surface area (Å²) in [5.41, 5.74) is 34.2. The van der Waals surface area contributed by atoms with Gasteiger partial charge in [0.2, 0.25) is 0 Å². The number of rotatable bonds is 9. The van der Waals surface area contributed by atoms with Crippen LogP contribution in [-0.4, -0.2) is 28.2 Å². The van der Waals surface area contributed by atoms with Crippen LogP contribution in [0.15, 0.2) is 354 Å². The number of pyridine rings is 3. The molecule has 24 aromatic rings. The van der Waals surface area contributed by atoms with Gasteiger partial charge in [0.1, 0.15) is 16.9 Å². The van der Waals surface area contributed by atoms with E-state index in [1.54, 1.807) is 14.9 Å². The highest BCUT2D eigenvalue weighted by Gasteiger charge is 2.29. The van der Waals surface area contributed by atoms with Crippen LogP contribution in [0, 0.1) is 77.7 Å². The lowest BCUT2D eigenvalue weighted by molar-refractivity contribution is 1.19. The van der Waals surface area contributed by atoms with Crippen LogP contribution < -0.4 is 16.7 Å². The lowest BCUT2D eigenvalue weighted by Gasteiger charge is -2.16. The van der Waals surface area contributed by atoms with Crippen LogP contribution in [0.5, 0.6) is 0 Å². The molecule has 0 aliphatic rings. The van der Waals surface area contributed by atoms with E-state index in [1.807, 2.05) is 156 Å². The third kappa shape index (κ3) is 12.5. The van der Waals surface area contributed by atoms with Gasteiger partial charge in [-0.25, -0.2) is 19.8 Å². The molecule has 12 heteroatoms. The molecule has 0 saturated carbocycles. The molecule has 6 heterocycles. The van der Waals surface area contributed by atoms with Gasteiger partial charge in [0.05, 0.1) is 62.9 Å². The number of nitrogens with zero attached hydrogens (tertiary/aromatic N) is 9. The van der Waals surface area contributed by atoms with Crippen molar-refractivity contribution in [2.45, 2.75) is 48.5 Å². The first-order chi connectivity index (χ1) is 63.5. The Bertz CT molecular complexity index is 9060. The summed E-state index contributed by atoms with van der Waals surface area (Å²) in [6, 6.07) is 119. The van der Waals surface area contributed by atoms with Gasteiger partial charge in [0.15, 0.2) is 5.69 Å². The number of aryl methyl sites for hydroxylation is 7. The first-order valence-corrected chi connectivity index (χ1v) is 43.4. The summed E-state index contributed by atoms with van der Waals surface area (Å²) in [5.74, 6) is 0. The minimum atomic E-state index is -0.138. The molecule has 0 spiro atoms. The van der Waals surface area contributed by atoms with E-state index in [9.17, 15) is 24.9 Å². The van der Waals surface area contributed by atoms with Crippen LogP contribution in [0.25, 0.3) is 220 Å². The monoisotopic (exact) mass is 1670 g/mol. The second kappa shape index (κ2) is 31.1. The van der Waals surface area contributed by atoms with Gasteiger partial charge < -0.3 is 0 Å². The van der Waals surface area contributed by atoms with E-state index in [1.165, 1.54) is 22.3 Å². The summed E-state index contributed by atoms with van der Waals surface area (Å²) in [6.07, 6.45) is 0. The second-order valence-electron chi connectivity index (χ2n) is 33.9. The summed E-state index contributed by atoms with van der Waals surface area (Å²) in [4.78, 5) is 63.1. The molecule has 6 aromatic heterocycles. The molecular formula is C118H77N9O3. The second-order valence-corrected chi connectivity index (χ2v) is 33.9. The lowest BCUT2D eigenvalue weighted by atomic mass is 9.89. The Labute approximate surface area is 747 Å². The third-order valence-electron chi connectivity index (χ3n) is 26.2. The number of benzene rings is 18. The molecule has 0 fully saturated rings. The summed E-state index contributed by atoms with van der Waals surface area (Å²) >= 11 is 0. The molecule has 18 aromatic carbocycles. The molecule has 0 unspecified atom stereocenters. The summed E-state index contributed by atoms with van der Waals surface area (Å²) in [7, 11) is 0. The van der Waals surface area contributed by atoms with Gasteiger partial charge in [-0.1, -0.05) is 272 Å². The van der Waals surface area contributed by atoms with Crippen LogP contribution in [0.2, 0.25) is 0 Å². The Kier molecular flexibility index (Phi) is 18.8. The average molecular weight is 1670 g/mol. The van der Waals surface area contributed by atoms with E-state index in [0.29, 0.717) is 49.9 Å². The largest absolute Gasteiger partial charge is 0.268 e. The lowest BCUT2D eigenvalue weighted by Crippen LogP contribution is -2.14. The van der Waals surface area contributed by atoms with Gasteiger partial charge in [0.25, 0.3) is 16.7 Å². The number of hydrogen-bond donors (Lipinski definition) is 0. The number of nitriles is 2. The molecule has 0 aliphatic heterocycles. The van der Waals surface area contributed by atoms with Crippen molar-refractivity contribution in [2.24, 2.45) is 0 Å². The normalized spacial score (nSPS) is 11.6. The highest BCUT2D eigenvalue weighted by molar-refractivity contribution is 6.26. The maximum atomic E-state index is 14.7. The van der Waals surface area contributed by atoms with Gasteiger partial charge in [-0.05, 0) is 249 Å². The molecule has 612 valence electrons. The predicted molar refractivity (Wildman–Crippen MR) is 533 cm³/mol. The molecule has 0 atom stereocenters. The Morgan fingerprint density at radius 2 is 0.654 bits per heavy atom. The van der Waals surface area contributed by atoms with Crippen molar-refractivity contribution in [2.75, 3.05) is 0 Å². The quantitative estimate of drug-likeness (QED) is 0.129. The first kappa shape index (κ1) is 78.6. The molecule has 12 nitrogen and oxygen atoms in total. The highest BCUT2D eigenvalue weighted by Crippen LogP contribution is 2.48. The average Bonchev–Trinajstić information content (AvgIpc) is 1.48. The number of hydrogen-bond acceptors (Lipinski definition) is 8. The van der Waals surface area contributed by atoms with Gasteiger partial charge in [-0.3, -0.25) is 27.6 Å². The van der Waals surface area contributed by atoms with Crippen molar-refractivity contribution in [3.05, 3.63) is 432 Å². The van der Waals surface area contributed by atoms with Crippen LogP contribution in [0.3, 0.4) is 0 Å². The summed E-state index contributed by atoms with van der Waals surface area (Å²) in [5, 5.41) is 29.4. The minimum Gasteiger partial charge on any atom is -0.268 e. The van der Waals surface area contributed by atoms with Crippen molar-refractivity contribution in [3.63, 3.8) is 0 Å². The number of aromatic nitrogens is 6. The predicted octanol–water partition coefficient (Wildman–Crippen LogP) is 28.2. The van der Waals surface area contributed by atoms with E-state index >= 15 is 0 Å². The molecule has 0 aliphatic carbocycles. The van der Waals surface area contributed by atoms with E-state index in [-0.39, 0.29) is 16.7 Å². The number of fused-ring (bicyclic) bond motifs is 12. The van der Waals surface area contributed by atoms with E-state index < -0.39 is 0 Å². The molecule has 130 heavy (non-hydrogen) atoms. The van der Waals surface area contributed by atoms with Gasteiger partial charge >= 0.3 is 0 Å². The van der Waals surface area contributed by atoms with Crippen molar-refractivity contribution >= 4 is 120 Å². The molecule has 0 saturated heterocycles. The van der Waals surface area contributed by atoms with Crippen molar-refractivity contribution in [1.29, 1.82) is 10.5 Å². The Morgan fingerprint density at radius 3 is 1.15 bits per heavy atom. The Balaban J connectivity index is 0.000000115. The maximum absolute atomic E-state index is 14.7. The van der Waals surface area contributed by atoms with Crippen LogP contribution in [0.1, 0.15) is 50.1 Å². The van der Waals surface area contributed by atoms with Crippen LogP contribution >= 0.6 is 0 Å².